The number of hydrogen-bond donors (Lipinski definition) is 1. The molecule has 3 heteroatoms. The summed E-state index contributed by atoms with van der Waals surface area (Å²) in [7, 11) is 0. The van der Waals surface area contributed by atoms with Crippen molar-refractivity contribution in [1.29, 1.82) is 0 Å². The third kappa shape index (κ3) is 1.66. The van der Waals surface area contributed by atoms with Crippen LogP contribution in [-0.2, 0) is 0 Å². The van der Waals surface area contributed by atoms with Crippen molar-refractivity contribution in [3.63, 3.8) is 0 Å². The number of para-hydroxylation sites is 1. The number of benzene rings is 1. The number of aliphatic imine (C=N–C) groups is 1. The van der Waals surface area contributed by atoms with Crippen molar-refractivity contribution in [3.8, 4) is 0 Å². The standard InChI is InChI=1S/C13H17N3/c1-2-6-12(16-9-3-4-10-16)11(5-1)13-14-7-8-15-13/h1-2,5-6H,3-4,7-10H2,(H,14,15). The Balaban J connectivity index is 1.96. The van der Waals surface area contributed by atoms with E-state index >= 15 is 0 Å². The van der Waals surface area contributed by atoms with E-state index in [9.17, 15) is 0 Å². The maximum absolute atomic E-state index is 4.52. The molecular formula is C13H17N3. The normalized spacial score (nSPS) is 19.8. The van der Waals surface area contributed by atoms with Crippen molar-refractivity contribution >= 4 is 11.5 Å². The lowest BCUT2D eigenvalue weighted by atomic mass is 10.1. The molecule has 0 radical (unpaired) electrons. The van der Waals surface area contributed by atoms with Gasteiger partial charge in [0.2, 0.25) is 0 Å². The summed E-state index contributed by atoms with van der Waals surface area (Å²) >= 11 is 0. The molecule has 0 aromatic heterocycles. The highest BCUT2D eigenvalue weighted by atomic mass is 15.2. The van der Waals surface area contributed by atoms with E-state index in [0.717, 1.165) is 18.9 Å². The molecule has 3 nitrogen and oxygen atoms in total. The molecule has 0 spiro atoms. The maximum atomic E-state index is 4.52. The van der Waals surface area contributed by atoms with Gasteiger partial charge in [-0.1, -0.05) is 12.1 Å². The number of hydrogen-bond acceptors (Lipinski definition) is 3. The minimum absolute atomic E-state index is 0.906. The average Bonchev–Trinajstić information content (AvgIpc) is 3.03. The predicted molar refractivity (Wildman–Crippen MR) is 67.3 cm³/mol. The zero-order valence-corrected chi connectivity index (χ0v) is 9.45. The first kappa shape index (κ1) is 9.70. The summed E-state index contributed by atoms with van der Waals surface area (Å²) in [4.78, 5) is 6.99. The van der Waals surface area contributed by atoms with Crippen LogP contribution >= 0.6 is 0 Å². The fourth-order valence-corrected chi connectivity index (χ4v) is 2.49. The zero-order valence-electron chi connectivity index (χ0n) is 9.45. The van der Waals surface area contributed by atoms with Crippen molar-refractivity contribution in [2.24, 2.45) is 4.99 Å². The van der Waals surface area contributed by atoms with Gasteiger partial charge in [0, 0.05) is 30.9 Å². The van der Waals surface area contributed by atoms with Crippen LogP contribution in [0.25, 0.3) is 0 Å². The minimum atomic E-state index is 0.906. The second kappa shape index (κ2) is 4.16. The Morgan fingerprint density at radius 1 is 1.12 bits per heavy atom. The van der Waals surface area contributed by atoms with Gasteiger partial charge in [0.25, 0.3) is 0 Å². The van der Waals surface area contributed by atoms with Crippen LogP contribution in [0.3, 0.4) is 0 Å². The third-order valence-corrected chi connectivity index (χ3v) is 3.28. The lowest BCUT2D eigenvalue weighted by Gasteiger charge is -2.21. The van der Waals surface area contributed by atoms with Crippen LogP contribution in [0.2, 0.25) is 0 Å². The SMILES string of the molecule is c1ccc(N2CCCC2)c(C2=NCCN2)c1. The van der Waals surface area contributed by atoms with E-state index in [1.54, 1.807) is 0 Å². The summed E-state index contributed by atoms with van der Waals surface area (Å²) in [6.45, 7) is 4.25. The molecule has 84 valence electrons. The lowest BCUT2D eigenvalue weighted by molar-refractivity contribution is 0.949. The molecule has 2 aliphatic heterocycles. The zero-order chi connectivity index (χ0) is 10.8. The van der Waals surface area contributed by atoms with E-state index in [1.807, 2.05) is 0 Å². The van der Waals surface area contributed by atoms with Gasteiger partial charge in [-0.3, -0.25) is 4.99 Å². The molecular weight excluding hydrogens is 198 g/mol. The molecule has 1 fully saturated rings. The number of amidine groups is 1. The molecule has 2 aliphatic rings. The maximum Gasteiger partial charge on any atom is 0.130 e. The van der Waals surface area contributed by atoms with Crippen LogP contribution in [0.1, 0.15) is 18.4 Å². The highest BCUT2D eigenvalue weighted by Crippen LogP contribution is 2.25. The average molecular weight is 215 g/mol. The van der Waals surface area contributed by atoms with E-state index in [-0.39, 0.29) is 0 Å². The number of rotatable bonds is 2. The first-order chi connectivity index (χ1) is 7.95. The second-order valence-electron chi connectivity index (χ2n) is 4.37. The van der Waals surface area contributed by atoms with Crippen molar-refractivity contribution < 1.29 is 0 Å². The van der Waals surface area contributed by atoms with E-state index in [1.165, 1.54) is 37.2 Å². The Kier molecular flexibility index (Phi) is 2.52. The molecule has 1 aromatic rings. The monoisotopic (exact) mass is 215 g/mol. The Hall–Kier alpha value is -1.51. The van der Waals surface area contributed by atoms with Gasteiger partial charge in [0.15, 0.2) is 0 Å². The molecule has 0 bridgehead atoms. The summed E-state index contributed by atoms with van der Waals surface area (Å²) in [6.07, 6.45) is 2.63. The van der Waals surface area contributed by atoms with Gasteiger partial charge in [-0.2, -0.15) is 0 Å². The molecule has 1 saturated heterocycles. The molecule has 0 saturated carbocycles. The van der Waals surface area contributed by atoms with Crippen LogP contribution in [-0.4, -0.2) is 32.0 Å². The van der Waals surface area contributed by atoms with E-state index in [0.29, 0.717) is 0 Å². The van der Waals surface area contributed by atoms with Crippen molar-refractivity contribution in [1.82, 2.24) is 5.32 Å². The minimum Gasteiger partial charge on any atom is -0.371 e. The highest BCUT2D eigenvalue weighted by molar-refractivity contribution is 6.04. The molecule has 0 aliphatic carbocycles. The van der Waals surface area contributed by atoms with Crippen LogP contribution in [0.5, 0.6) is 0 Å². The Morgan fingerprint density at radius 2 is 1.94 bits per heavy atom. The van der Waals surface area contributed by atoms with Crippen molar-refractivity contribution in [2.45, 2.75) is 12.8 Å². The van der Waals surface area contributed by atoms with Gasteiger partial charge < -0.3 is 10.2 Å². The van der Waals surface area contributed by atoms with E-state index in [2.05, 4.69) is 39.5 Å². The summed E-state index contributed by atoms with van der Waals surface area (Å²) in [6, 6.07) is 8.60. The van der Waals surface area contributed by atoms with E-state index in [4.69, 9.17) is 0 Å². The smallest absolute Gasteiger partial charge is 0.130 e. The van der Waals surface area contributed by atoms with Crippen LogP contribution < -0.4 is 10.2 Å². The van der Waals surface area contributed by atoms with Gasteiger partial charge in [0.1, 0.15) is 5.84 Å². The van der Waals surface area contributed by atoms with Gasteiger partial charge >= 0.3 is 0 Å². The third-order valence-electron chi connectivity index (χ3n) is 3.28. The van der Waals surface area contributed by atoms with Gasteiger partial charge in [-0.05, 0) is 25.0 Å². The topological polar surface area (TPSA) is 27.6 Å². The van der Waals surface area contributed by atoms with Crippen LogP contribution in [0.15, 0.2) is 29.3 Å². The van der Waals surface area contributed by atoms with Crippen LogP contribution in [0.4, 0.5) is 5.69 Å². The highest BCUT2D eigenvalue weighted by Gasteiger charge is 2.18. The van der Waals surface area contributed by atoms with Crippen molar-refractivity contribution in [3.05, 3.63) is 29.8 Å². The molecule has 1 aromatic carbocycles. The molecule has 0 amide bonds. The molecule has 0 unspecified atom stereocenters. The fraction of sp³-hybridized carbons (Fsp3) is 0.462. The summed E-state index contributed by atoms with van der Waals surface area (Å²) in [5.41, 5.74) is 2.61. The summed E-state index contributed by atoms with van der Waals surface area (Å²) in [5.74, 6) is 1.07. The van der Waals surface area contributed by atoms with Gasteiger partial charge in [0.05, 0.1) is 6.54 Å². The first-order valence-electron chi connectivity index (χ1n) is 6.08. The number of anilines is 1. The number of nitrogens with one attached hydrogen (secondary N) is 1. The first-order valence-corrected chi connectivity index (χ1v) is 6.08. The van der Waals surface area contributed by atoms with Crippen molar-refractivity contribution in [2.75, 3.05) is 31.1 Å². The van der Waals surface area contributed by atoms with Gasteiger partial charge in [-0.15, -0.1) is 0 Å². The largest absolute Gasteiger partial charge is 0.371 e. The molecule has 16 heavy (non-hydrogen) atoms. The Morgan fingerprint density at radius 3 is 2.69 bits per heavy atom. The predicted octanol–water partition coefficient (Wildman–Crippen LogP) is 1.64. The van der Waals surface area contributed by atoms with Crippen LogP contribution in [0, 0.1) is 0 Å². The molecule has 0 atom stereocenters. The fourth-order valence-electron chi connectivity index (χ4n) is 2.49. The Labute approximate surface area is 96.2 Å². The quantitative estimate of drug-likeness (QED) is 0.812. The molecule has 3 rings (SSSR count). The Bertz CT molecular complexity index is 405. The lowest BCUT2D eigenvalue weighted by Crippen LogP contribution is -2.25. The molecule has 1 N–H and O–H groups in total. The van der Waals surface area contributed by atoms with E-state index < -0.39 is 0 Å². The number of nitrogens with zero attached hydrogens (tertiary/aromatic N) is 2. The van der Waals surface area contributed by atoms with Gasteiger partial charge in [-0.25, -0.2) is 0 Å². The summed E-state index contributed by atoms with van der Waals surface area (Å²) in [5, 5.41) is 3.36. The summed E-state index contributed by atoms with van der Waals surface area (Å²) < 4.78 is 0. The second-order valence-corrected chi connectivity index (χ2v) is 4.37. The molecule has 2 heterocycles.